The van der Waals surface area contributed by atoms with Gasteiger partial charge in [-0.05, 0) is 11.8 Å². The van der Waals surface area contributed by atoms with Crippen LogP contribution in [-0.4, -0.2) is 36.6 Å². The van der Waals surface area contributed by atoms with Crippen LogP contribution in [0.1, 0.15) is 13.8 Å². The van der Waals surface area contributed by atoms with E-state index in [-0.39, 0.29) is 6.10 Å². The van der Waals surface area contributed by atoms with Crippen LogP contribution < -0.4 is 0 Å². The summed E-state index contributed by atoms with van der Waals surface area (Å²) in [6.07, 6.45) is 0.569. The van der Waals surface area contributed by atoms with Gasteiger partial charge in [0.15, 0.2) is 0 Å². The van der Waals surface area contributed by atoms with Crippen LogP contribution in [0.2, 0.25) is 0 Å². The molecular weight excluding hydrogens is 180 g/mol. The first-order chi connectivity index (χ1) is 6.70. The standard InChI is InChI=1S/C11H18O3/c1-5-7-3-13-4-8(6(2)9(5)12)11-10(7)14-11/h5-12H,3-4H2,1-2H3/t5-,6+,7-,8+,9?,10-,11?/m1/s1. The lowest BCUT2D eigenvalue weighted by Gasteiger charge is -2.34. The number of ether oxygens (including phenoxy) is 2. The molecule has 2 unspecified atom stereocenters. The van der Waals surface area contributed by atoms with Gasteiger partial charge >= 0.3 is 0 Å². The van der Waals surface area contributed by atoms with Crippen molar-refractivity contribution < 1.29 is 14.6 Å². The molecule has 1 aliphatic carbocycles. The molecular formula is C11H18O3. The lowest BCUT2D eigenvalue weighted by molar-refractivity contribution is -0.0657. The smallest absolute Gasteiger partial charge is 0.0899 e. The third-order valence-electron chi connectivity index (χ3n) is 4.45. The number of hydrogen-bond acceptors (Lipinski definition) is 3. The van der Waals surface area contributed by atoms with Gasteiger partial charge in [-0.1, -0.05) is 13.8 Å². The molecule has 0 aromatic rings. The number of aliphatic hydroxyl groups is 1. The summed E-state index contributed by atoms with van der Waals surface area (Å²) in [5.41, 5.74) is 0. The summed E-state index contributed by atoms with van der Waals surface area (Å²) in [5.74, 6) is 1.44. The Morgan fingerprint density at radius 3 is 2.00 bits per heavy atom. The zero-order valence-electron chi connectivity index (χ0n) is 8.72. The quantitative estimate of drug-likeness (QED) is 0.581. The normalized spacial score (nSPS) is 61.5. The predicted molar refractivity (Wildman–Crippen MR) is 50.8 cm³/mol. The molecule has 7 atom stereocenters. The first-order valence-electron chi connectivity index (χ1n) is 5.61. The molecule has 14 heavy (non-hydrogen) atoms. The lowest BCUT2D eigenvalue weighted by Crippen LogP contribution is -2.39. The second-order valence-electron chi connectivity index (χ2n) is 5.14. The maximum absolute atomic E-state index is 10.2. The van der Waals surface area contributed by atoms with E-state index in [1.54, 1.807) is 0 Å². The molecule has 3 rings (SSSR count). The highest BCUT2D eigenvalue weighted by Crippen LogP contribution is 2.49. The highest BCUT2D eigenvalue weighted by atomic mass is 16.6. The predicted octanol–water partition coefficient (Wildman–Crippen LogP) is 0.663. The Bertz CT molecular complexity index is 221. The molecule has 2 bridgehead atoms. The van der Waals surface area contributed by atoms with Crippen molar-refractivity contribution in [3.63, 3.8) is 0 Å². The summed E-state index contributed by atoms with van der Waals surface area (Å²) >= 11 is 0. The van der Waals surface area contributed by atoms with Crippen LogP contribution in [0, 0.1) is 23.7 Å². The van der Waals surface area contributed by atoms with Gasteiger partial charge in [-0.15, -0.1) is 0 Å². The fourth-order valence-corrected chi connectivity index (χ4v) is 3.24. The molecule has 3 heteroatoms. The van der Waals surface area contributed by atoms with Crippen molar-refractivity contribution in [1.82, 2.24) is 0 Å². The van der Waals surface area contributed by atoms with Gasteiger partial charge in [0.2, 0.25) is 0 Å². The molecule has 1 N–H and O–H groups in total. The van der Waals surface area contributed by atoms with Gasteiger partial charge in [0, 0.05) is 11.8 Å². The van der Waals surface area contributed by atoms with Gasteiger partial charge in [-0.3, -0.25) is 0 Å². The molecule has 0 aromatic heterocycles. The largest absolute Gasteiger partial charge is 0.393 e. The molecule has 2 heterocycles. The average Bonchev–Trinajstić information content (AvgIpc) is 2.92. The Balaban J connectivity index is 1.94. The third kappa shape index (κ3) is 1.09. The zero-order valence-corrected chi connectivity index (χ0v) is 8.72. The Labute approximate surface area is 84.4 Å². The van der Waals surface area contributed by atoms with Gasteiger partial charge in [-0.25, -0.2) is 0 Å². The van der Waals surface area contributed by atoms with E-state index in [4.69, 9.17) is 9.47 Å². The Hall–Kier alpha value is -0.120. The molecule has 2 aliphatic heterocycles. The van der Waals surface area contributed by atoms with Gasteiger partial charge in [-0.2, -0.15) is 0 Å². The minimum Gasteiger partial charge on any atom is -0.393 e. The fraction of sp³-hybridized carbons (Fsp3) is 1.00. The van der Waals surface area contributed by atoms with E-state index >= 15 is 0 Å². The van der Waals surface area contributed by atoms with Crippen molar-refractivity contribution in [3.05, 3.63) is 0 Å². The second kappa shape index (κ2) is 2.94. The van der Waals surface area contributed by atoms with Crippen LogP contribution in [0.4, 0.5) is 0 Å². The van der Waals surface area contributed by atoms with E-state index in [0.29, 0.717) is 35.9 Å². The lowest BCUT2D eigenvalue weighted by atomic mass is 9.81. The van der Waals surface area contributed by atoms with Crippen LogP contribution in [0.15, 0.2) is 0 Å². The summed E-state index contributed by atoms with van der Waals surface area (Å²) in [6, 6.07) is 0. The Kier molecular flexibility index (Phi) is 1.92. The summed E-state index contributed by atoms with van der Waals surface area (Å²) < 4.78 is 11.4. The van der Waals surface area contributed by atoms with Gasteiger partial charge < -0.3 is 14.6 Å². The van der Waals surface area contributed by atoms with Gasteiger partial charge in [0.25, 0.3) is 0 Å². The van der Waals surface area contributed by atoms with E-state index < -0.39 is 0 Å². The van der Waals surface area contributed by atoms with E-state index in [1.807, 2.05) is 0 Å². The van der Waals surface area contributed by atoms with E-state index in [1.165, 1.54) is 0 Å². The fourth-order valence-electron chi connectivity index (χ4n) is 3.24. The first-order valence-corrected chi connectivity index (χ1v) is 5.61. The van der Waals surface area contributed by atoms with Gasteiger partial charge in [0.05, 0.1) is 31.5 Å². The summed E-state index contributed by atoms with van der Waals surface area (Å²) in [5, 5.41) is 10.2. The topological polar surface area (TPSA) is 42.0 Å². The van der Waals surface area contributed by atoms with Crippen LogP contribution >= 0.6 is 0 Å². The highest BCUT2D eigenvalue weighted by Gasteiger charge is 2.58. The van der Waals surface area contributed by atoms with Crippen LogP contribution in [0.25, 0.3) is 0 Å². The van der Waals surface area contributed by atoms with Crippen molar-refractivity contribution in [2.45, 2.75) is 32.2 Å². The monoisotopic (exact) mass is 198 g/mol. The molecule has 0 spiro atoms. The molecule has 3 aliphatic rings. The molecule has 0 aromatic carbocycles. The Morgan fingerprint density at radius 1 is 1.00 bits per heavy atom. The number of rotatable bonds is 0. The Morgan fingerprint density at radius 2 is 1.50 bits per heavy atom. The number of aliphatic hydroxyl groups excluding tert-OH is 1. The molecule has 0 radical (unpaired) electrons. The second-order valence-corrected chi connectivity index (χ2v) is 5.14. The first kappa shape index (κ1) is 9.13. The van der Waals surface area contributed by atoms with E-state index in [0.717, 1.165) is 13.2 Å². The zero-order chi connectivity index (χ0) is 9.87. The van der Waals surface area contributed by atoms with Crippen LogP contribution in [0.5, 0.6) is 0 Å². The molecule has 3 nitrogen and oxygen atoms in total. The van der Waals surface area contributed by atoms with E-state index in [2.05, 4.69) is 13.8 Å². The van der Waals surface area contributed by atoms with Crippen molar-refractivity contribution in [1.29, 1.82) is 0 Å². The summed E-state index contributed by atoms with van der Waals surface area (Å²) in [4.78, 5) is 0. The number of epoxide rings is 1. The highest BCUT2D eigenvalue weighted by molar-refractivity contribution is 5.05. The molecule has 1 saturated carbocycles. The maximum atomic E-state index is 10.2. The summed E-state index contributed by atoms with van der Waals surface area (Å²) in [7, 11) is 0. The SMILES string of the molecule is C[C@@H]1C(O)[C@H](C)[C@H]2COC[C@@H]1C1O[C@@H]12. The van der Waals surface area contributed by atoms with Crippen LogP contribution in [-0.2, 0) is 9.47 Å². The summed E-state index contributed by atoms with van der Waals surface area (Å²) in [6.45, 7) is 5.79. The molecule has 3 fully saturated rings. The minimum absolute atomic E-state index is 0.176. The van der Waals surface area contributed by atoms with Crippen LogP contribution in [0.3, 0.4) is 0 Å². The minimum atomic E-state index is -0.176. The van der Waals surface area contributed by atoms with Crippen molar-refractivity contribution >= 4 is 0 Å². The molecule has 80 valence electrons. The molecule has 2 saturated heterocycles. The average molecular weight is 198 g/mol. The molecule has 0 amide bonds. The van der Waals surface area contributed by atoms with E-state index in [9.17, 15) is 5.11 Å². The van der Waals surface area contributed by atoms with Crippen molar-refractivity contribution in [2.24, 2.45) is 23.7 Å². The maximum Gasteiger partial charge on any atom is 0.0899 e. The van der Waals surface area contributed by atoms with Crippen molar-refractivity contribution in [3.8, 4) is 0 Å². The van der Waals surface area contributed by atoms with Gasteiger partial charge in [0.1, 0.15) is 0 Å². The third-order valence-corrected chi connectivity index (χ3v) is 4.45. The van der Waals surface area contributed by atoms with Crippen molar-refractivity contribution in [2.75, 3.05) is 13.2 Å². The number of hydrogen-bond donors (Lipinski definition) is 1.